The minimum absolute atomic E-state index is 0. The van der Waals surface area contributed by atoms with Gasteiger partial charge in [-0.1, -0.05) is 0 Å². The first-order chi connectivity index (χ1) is 5.07. The highest BCUT2D eigenvalue weighted by atomic mass is 35.5. The second kappa shape index (κ2) is 6.79. The molecule has 12 heavy (non-hydrogen) atoms. The third-order valence-electron chi connectivity index (χ3n) is 1.07. The third-order valence-corrected chi connectivity index (χ3v) is 1.07. The van der Waals surface area contributed by atoms with Crippen LogP contribution in [0.2, 0.25) is 0 Å². The van der Waals surface area contributed by atoms with E-state index in [1.807, 2.05) is 0 Å². The lowest BCUT2D eigenvalue weighted by Crippen LogP contribution is -2.20. The number of ether oxygens (including phenoxy) is 1. The number of nitrogens with two attached hydrogens (primary N) is 1. The van der Waals surface area contributed by atoms with Crippen molar-refractivity contribution in [2.24, 2.45) is 5.73 Å². The summed E-state index contributed by atoms with van der Waals surface area (Å²) < 4.78 is 4.64. The van der Waals surface area contributed by atoms with E-state index < -0.39 is 5.97 Å². The van der Waals surface area contributed by atoms with E-state index in [0.717, 1.165) is 0 Å². The van der Waals surface area contributed by atoms with E-state index in [0.29, 0.717) is 12.4 Å². The Morgan fingerprint density at radius 2 is 2.08 bits per heavy atom. The molecule has 0 saturated heterocycles. The molecule has 0 aromatic heterocycles. The van der Waals surface area contributed by atoms with E-state index in [1.54, 1.807) is 25.9 Å². The van der Waals surface area contributed by atoms with Gasteiger partial charge in [-0.25, -0.2) is 4.79 Å². The topological polar surface area (TPSA) is 55.6 Å². The van der Waals surface area contributed by atoms with Crippen molar-refractivity contribution in [3.63, 3.8) is 0 Å². The molecule has 0 saturated carbocycles. The van der Waals surface area contributed by atoms with E-state index in [1.165, 1.54) is 6.08 Å². The summed E-state index contributed by atoms with van der Waals surface area (Å²) >= 11 is 0. The molecule has 0 aromatic carbocycles. The van der Waals surface area contributed by atoms with Crippen molar-refractivity contribution in [3.05, 3.63) is 11.9 Å². The Morgan fingerprint density at radius 1 is 1.58 bits per heavy atom. The average Bonchev–Trinajstić information content (AvgIpc) is 1.87. The number of halogens is 1. The monoisotopic (exact) mass is 194 g/mol. The summed E-state index contributed by atoms with van der Waals surface area (Å²) in [6.45, 7) is 2.12. The Morgan fingerprint density at radius 3 is 2.42 bits per heavy atom. The van der Waals surface area contributed by atoms with Gasteiger partial charge in [0.1, 0.15) is 5.82 Å². The highest BCUT2D eigenvalue weighted by molar-refractivity contribution is 5.85. The minimum atomic E-state index is -0.404. The molecule has 0 bridgehead atoms. The number of rotatable bonds is 3. The third kappa shape index (κ3) is 5.85. The van der Waals surface area contributed by atoms with Crippen LogP contribution in [0, 0.1) is 0 Å². The molecule has 5 heteroatoms. The van der Waals surface area contributed by atoms with Gasteiger partial charge in [-0.15, -0.1) is 12.4 Å². The molecular weight excluding hydrogens is 180 g/mol. The first-order valence-corrected chi connectivity index (χ1v) is 3.39. The Labute approximate surface area is 78.8 Å². The molecular formula is C7H15ClN2O2. The summed E-state index contributed by atoms with van der Waals surface area (Å²) in [5, 5.41) is 0. The van der Waals surface area contributed by atoms with E-state index in [4.69, 9.17) is 5.73 Å². The van der Waals surface area contributed by atoms with E-state index in [9.17, 15) is 4.79 Å². The van der Waals surface area contributed by atoms with E-state index >= 15 is 0 Å². The normalized spacial score (nSPS) is 10.1. The number of nitrogens with zero attached hydrogens (tertiary/aromatic N) is 1. The minimum Gasteiger partial charge on any atom is -0.463 e. The van der Waals surface area contributed by atoms with Gasteiger partial charge in [-0.3, -0.25) is 0 Å². The Bertz CT molecular complexity index is 169. The van der Waals surface area contributed by atoms with Crippen LogP contribution in [0.1, 0.15) is 6.92 Å². The van der Waals surface area contributed by atoms with Crippen LogP contribution in [0.25, 0.3) is 0 Å². The largest absolute Gasteiger partial charge is 0.463 e. The van der Waals surface area contributed by atoms with Gasteiger partial charge < -0.3 is 15.4 Å². The standard InChI is InChI=1S/C7H14N2O2.ClH/c1-4-11-7(10)5-6(8)9(2)3;/h5H,4,8H2,1-3H3;1H/b6-5-;. The molecule has 0 aliphatic heterocycles. The van der Waals surface area contributed by atoms with Crippen LogP contribution in [-0.4, -0.2) is 31.6 Å². The molecule has 0 heterocycles. The molecule has 0 fully saturated rings. The van der Waals surface area contributed by atoms with Crippen molar-refractivity contribution in [3.8, 4) is 0 Å². The second-order valence-corrected chi connectivity index (χ2v) is 2.22. The van der Waals surface area contributed by atoms with Gasteiger partial charge in [0.15, 0.2) is 0 Å². The maximum Gasteiger partial charge on any atom is 0.334 e. The maximum absolute atomic E-state index is 10.8. The number of carbonyl (C=O) groups is 1. The second-order valence-electron chi connectivity index (χ2n) is 2.22. The zero-order valence-electron chi connectivity index (χ0n) is 7.53. The SMILES string of the molecule is CCOC(=O)/C=C(/N)N(C)C.Cl. The van der Waals surface area contributed by atoms with Crippen molar-refractivity contribution in [1.82, 2.24) is 4.90 Å². The fourth-order valence-electron chi connectivity index (χ4n) is 0.434. The van der Waals surface area contributed by atoms with Crippen LogP contribution in [0.4, 0.5) is 0 Å². The molecule has 2 N–H and O–H groups in total. The molecule has 0 spiro atoms. The smallest absolute Gasteiger partial charge is 0.334 e. The number of esters is 1. The van der Waals surface area contributed by atoms with Crippen LogP contribution < -0.4 is 5.73 Å². The molecule has 0 radical (unpaired) electrons. The summed E-state index contributed by atoms with van der Waals surface area (Å²) in [7, 11) is 3.51. The van der Waals surface area contributed by atoms with Crippen LogP contribution >= 0.6 is 12.4 Å². The molecule has 4 nitrogen and oxygen atoms in total. The average molecular weight is 195 g/mol. The van der Waals surface area contributed by atoms with Gasteiger partial charge in [0.2, 0.25) is 0 Å². The van der Waals surface area contributed by atoms with Crippen molar-refractivity contribution < 1.29 is 9.53 Å². The van der Waals surface area contributed by atoms with Gasteiger partial charge in [-0.05, 0) is 6.92 Å². The van der Waals surface area contributed by atoms with Crippen LogP contribution in [0.5, 0.6) is 0 Å². The fourth-order valence-corrected chi connectivity index (χ4v) is 0.434. The molecule has 0 rings (SSSR count). The molecule has 0 aliphatic carbocycles. The Hall–Kier alpha value is -0.900. The lowest BCUT2D eigenvalue weighted by Gasteiger charge is -2.10. The summed E-state index contributed by atoms with van der Waals surface area (Å²) in [5.41, 5.74) is 5.43. The highest BCUT2D eigenvalue weighted by Gasteiger charge is 1.98. The Balaban J connectivity index is 0. The lowest BCUT2D eigenvalue weighted by atomic mass is 10.5. The summed E-state index contributed by atoms with van der Waals surface area (Å²) in [4.78, 5) is 12.4. The van der Waals surface area contributed by atoms with Gasteiger partial charge in [0, 0.05) is 14.1 Å². The first-order valence-electron chi connectivity index (χ1n) is 3.39. The van der Waals surface area contributed by atoms with Gasteiger partial charge >= 0.3 is 5.97 Å². The highest BCUT2D eigenvalue weighted by Crippen LogP contribution is 1.89. The van der Waals surface area contributed by atoms with E-state index in [2.05, 4.69) is 4.74 Å². The predicted octanol–water partition coefficient (Wildman–Crippen LogP) is 0.333. The molecule has 0 amide bonds. The van der Waals surface area contributed by atoms with Crippen LogP contribution in [-0.2, 0) is 9.53 Å². The Kier molecular flexibility index (Phi) is 7.73. The van der Waals surface area contributed by atoms with Crippen LogP contribution in [0.3, 0.4) is 0 Å². The number of hydrogen-bond acceptors (Lipinski definition) is 4. The summed E-state index contributed by atoms with van der Waals surface area (Å²) in [6, 6.07) is 0. The summed E-state index contributed by atoms with van der Waals surface area (Å²) in [6.07, 6.45) is 1.25. The van der Waals surface area contributed by atoms with Crippen molar-refractivity contribution >= 4 is 18.4 Å². The molecule has 0 unspecified atom stereocenters. The van der Waals surface area contributed by atoms with Crippen molar-refractivity contribution in [2.75, 3.05) is 20.7 Å². The van der Waals surface area contributed by atoms with Crippen molar-refractivity contribution in [2.45, 2.75) is 6.92 Å². The maximum atomic E-state index is 10.8. The van der Waals surface area contributed by atoms with Crippen molar-refractivity contribution in [1.29, 1.82) is 0 Å². The predicted molar refractivity (Wildman–Crippen MR) is 49.8 cm³/mol. The fraction of sp³-hybridized carbons (Fsp3) is 0.571. The number of hydrogen-bond donors (Lipinski definition) is 1. The molecule has 0 aliphatic rings. The number of carbonyl (C=O) groups excluding carboxylic acids is 1. The zero-order chi connectivity index (χ0) is 8.85. The molecule has 0 atom stereocenters. The molecule has 72 valence electrons. The quantitative estimate of drug-likeness (QED) is 0.520. The van der Waals surface area contributed by atoms with Gasteiger partial charge in [0.05, 0.1) is 12.7 Å². The summed E-state index contributed by atoms with van der Waals surface area (Å²) in [5.74, 6) is -0.0119. The first kappa shape index (κ1) is 13.7. The van der Waals surface area contributed by atoms with Gasteiger partial charge in [-0.2, -0.15) is 0 Å². The zero-order valence-corrected chi connectivity index (χ0v) is 8.35. The van der Waals surface area contributed by atoms with Gasteiger partial charge in [0.25, 0.3) is 0 Å². The molecule has 0 aromatic rings. The van der Waals surface area contributed by atoms with E-state index in [-0.39, 0.29) is 12.4 Å². The lowest BCUT2D eigenvalue weighted by molar-refractivity contribution is -0.137. The van der Waals surface area contributed by atoms with Crippen LogP contribution in [0.15, 0.2) is 11.9 Å².